The summed E-state index contributed by atoms with van der Waals surface area (Å²) < 4.78 is 7.17. The molecule has 0 spiro atoms. The van der Waals surface area contributed by atoms with Crippen molar-refractivity contribution in [3.8, 4) is 5.69 Å². The average Bonchev–Trinajstić information content (AvgIpc) is 2.99. The molecule has 0 aliphatic carbocycles. The van der Waals surface area contributed by atoms with Gasteiger partial charge in [-0.25, -0.2) is 9.78 Å². The highest BCUT2D eigenvalue weighted by Gasteiger charge is 2.29. The SMILES string of the molecule is Cc1cc(-n2c(Cl)cc3c(=O)[nH]cnc32)ccc1[C@H]1COCCN1C(=O)O. The molecule has 4 rings (SSSR count). The van der Waals surface area contributed by atoms with E-state index in [1.165, 1.54) is 11.2 Å². The molecule has 1 amide bonds. The fraction of sp³-hybridized carbons (Fsp3) is 0.278. The first-order valence-corrected chi connectivity index (χ1v) is 8.78. The van der Waals surface area contributed by atoms with Crippen LogP contribution < -0.4 is 5.56 Å². The van der Waals surface area contributed by atoms with Crippen LogP contribution in [0.15, 0.2) is 35.4 Å². The molecule has 0 saturated carbocycles. The van der Waals surface area contributed by atoms with Gasteiger partial charge in [0, 0.05) is 12.2 Å². The smallest absolute Gasteiger partial charge is 0.407 e. The lowest BCUT2D eigenvalue weighted by Crippen LogP contribution is -2.42. The van der Waals surface area contributed by atoms with E-state index in [0.29, 0.717) is 35.9 Å². The molecular weight excluding hydrogens is 372 g/mol. The summed E-state index contributed by atoms with van der Waals surface area (Å²) in [6.07, 6.45) is 0.373. The third-order valence-electron chi connectivity index (χ3n) is 4.80. The van der Waals surface area contributed by atoms with Gasteiger partial charge in [-0.1, -0.05) is 17.7 Å². The number of aryl methyl sites for hydroxylation is 1. The van der Waals surface area contributed by atoms with Crippen molar-refractivity contribution in [1.29, 1.82) is 0 Å². The Hall–Kier alpha value is -2.84. The van der Waals surface area contributed by atoms with Crippen LogP contribution in [-0.2, 0) is 4.74 Å². The number of halogens is 1. The molecule has 2 N–H and O–H groups in total. The van der Waals surface area contributed by atoms with E-state index < -0.39 is 6.09 Å². The molecule has 140 valence electrons. The highest BCUT2D eigenvalue weighted by atomic mass is 35.5. The third kappa shape index (κ3) is 2.96. The molecule has 0 bridgehead atoms. The van der Waals surface area contributed by atoms with Gasteiger partial charge in [-0.15, -0.1) is 0 Å². The molecule has 1 fully saturated rings. The van der Waals surface area contributed by atoms with Gasteiger partial charge in [-0.2, -0.15) is 0 Å². The standard InChI is InChI=1S/C18H17ClN4O4/c1-10-6-11(23-15(19)7-13-16(23)20-9-21-17(13)24)2-3-12(10)14-8-27-5-4-22(14)18(25)26/h2-3,6-7,9,14H,4-5,8H2,1H3,(H,25,26)(H,20,21,24)/t14-/m1/s1. The summed E-state index contributed by atoms with van der Waals surface area (Å²) in [5.41, 5.74) is 2.72. The van der Waals surface area contributed by atoms with Crippen molar-refractivity contribution in [3.63, 3.8) is 0 Å². The van der Waals surface area contributed by atoms with Crippen LogP contribution >= 0.6 is 11.6 Å². The Labute approximate surface area is 159 Å². The third-order valence-corrected chi connectivity index (χ3v) is 5.08. The van der Waals surface area contributed by atoms with Crippen molar-refractivity contribution in [2.24, 2.45) is 0 Å². The van der Waals surface area contributed by atoms with Gasteiger partial charge in [-0.3, -0.25) is 14.3 Å². The Kier molecular flexibility index (Phi) is 4.37. The maximum Gasteiger partial charge on any atom is 0.407 e. The topological polar surface area (TPSA) is 100 Å². The number of hydrogen-bond acceptors (Lipinski definition) is 4. The van der Waals surface area contributed by atoms with Crippen molar-refractivity contribution in [2.45, 2.75) is 13.0 Å². The van der Waals surface area contributed by atoms with E-state index in [-0.39, 0.29) is 11.6 Å². The maximum absolute atomic E-state index is 12.0. The van der Waals surface area contributed by atoms with Crippen molar-refractivity contribution >= 4 is 28.7 Å². The van der Waals surface area contributed by atoms with Crippen LogP contribution in [0.5, 0.6) is 0 Å². The second kappa shape index (κ2) is 6.71. The second-order valence-electron chi connectivity index (χ2n) is 6.38. The number of aromatic amines is 1. The Balaban J connectivity index is 1.79. The lowest BCUT2D eigenvalue weighted by molar-refractivity contribution is -0.00108. The fourth-order valence-corrected chi connectivity index (χ4v) is 3.79. The minimum absolute atomic E-state index is 0.259. The first-order chi connectivity index (χ1) is 13.0. The van der Waals surface area contributed by atoms with Crippen LogP contribution in [0.4, 0.5) is 4.79 Å². The van der Waals surface area contributed by atoms with E-state index in [4.69, 9.17) is 16.3 Å². The van der Waals surface area contributed by atoms with Crippen molar-refractivity contribution < 1.29 is 14.6 Å². The van der Waals surface area contributed by atoms with E-state index in [1.54, 1.807) is 10.6 Å². The summed E-state index contributed by atoms with van der Waals surface area (Å²) in [5.74, 6) is 0. The lowest BCUT2D eigenvalue weighted by atomic mass is 9.99. The Morgan fingerprint density at radius 3 is 2.96 bits per heavy atom. The van der Waals surface area contributed by atoms with E-state index in [1.807, 2.05) is 25.1 Å². The lowest BCUT2D eigenvalue weighted by Gasteiger charge is -2.34. The van der Waals surface area contributed by atoms with Crippen LogP contribution in [0.3, 0.4) is 0 Å². The molecule has 0 unspecified atom stereocenters. The summed E-state index contributed by atoms with van der Waals surface area (Å²) in [5, 5.41) is 10.2. The van der Waals surface area contributed by atoms with Gasteiger partial charge >= 0.3 is 6.09 Å². The zero-order valence-corrected chi connectivity index (χ0v) is 15.2. The van der Waals surface area contributed by atoms with E-state index in [2.05, 4.69) is 9.97 Å². The molecule has 27 heavy (non-hydrogen) atoms. The van der Waals surface area contributed by atoms with Gasteiger partial charge < -0.3 is 14.8 Å². The normalized spacial score (nSPS) is 17.4. The van der Waals surface area contributed by atoms with Crippen LogP contribution in [0.2, 0.25) is 5.15 Å². The van der Waals surface area contributed by atoms with E-state index >= 15 is 0 Å². The molecule has 3 aromatic rings. The molecule has 1 saturated heterocycles. The Morgan fingerprint density at radius 1 is 1.41 bits per heavy atom. The number of carboxylic acid groups (broad SMARTS) is 1. The minimum atomic E-state index is -0.963. The fourth-order valence-electron chi connectivity index (χ4n) is 3.50. The average molecular weight is 389 g/mol. The van der Waals surface area contributed by atoms with Crippen molar-refractivity contribution in [3.05, 3.63) is 57.2 Å². The molecule has 1 aromatic carbocycles. The number of hydrogen-bond donors (Lipinski definition) is 2. The molecule has 9 heteroatoms. The number of H-pyrrole nitrogens is 1. The number of fused-ring (bicyclic) bond motifs is 1. The van der Waals surface area contributed by atoms with Gasteiger partial charge in [0.05, 0.1) is 31.0 Å². The Morgan fingerprint density at radius 2 is 2.22 bits per heavy atom. The Bertz CT molecular complexity index is 1090. The molecule has 1 atom stereocenters. The molecule has 3 heterocycles. The summed E-state index contributed by atoms with van der Waals surface area (Å²) in [6.45, 7) is 2.96. The highest BCUT2D eigenvalue weighted by molar-refractivity contribution is 6.31. The zero-order chi connectivity index (χ0) is 19.1. The number of aromatic nitrogens is 3. The molecule has 2 aromatic heterocycles. The van der Waals surface area contributed by atoms with Crippen molar-refractivity contribution in [1.82, 2.24) is 19.4 Å². The van der Waals surface area contributed by atoms with Gasteiger partial charge in [0.2, 0.25) is 0 Å². The number of nitrogens with one attached hydrogen (secondary N) is 1. The predicted octanol–water partition coefficient (Wildman–Crippen LogP) is 2.73. The number of ether oxygens (including phenoxy) is 1. The number of rotatable bonds is 2. The monoisotopic (exact) mass is 388 g/mol. The van der Waals surface area contributed by atoms with Crippen LogP contribution in [0.25, 0.3) is 16.7 Å². The van der Waals surface area contributed by atoms with Crippen LogP contribution in [-0.4, -0.2) is 50.4 Å². The number of benzene rings is 1. The summed E-state index contributed by atoms with van der Waals surface area (Å²) in [6, 6.07) is 6.83. The maximum atomic E-state index is 12.0. The molecular formula is C18H17ClN4O4. The summed E-state index contributed by atoms with van der Waals surface area (Å²) >= 11 is 6.34. The summed E-state index contributed by atoms with van der Waals surface area (Å²) in [7, 11) is 0. The minimum Gasteiger partial charge on any atom is -0.465 e. The number of nitrogens with zero attached hydrogens (tertiary/aromatic N) is 3. The largest absolute Gasteiger partial charge is 0.465 e. The van der Waals surface area contributed by atoms with Gasteiger partial charge in [-0.05, 0) is 36.2 Å². The van der Waals surface area contributed by atoms with Gasteiger partial charge in [0.15, 0.2) is 5.65 Å². The molecule has 0 radical (unpaired) electrons. The van der Waals surface area contributed by atoms with E-state index in [9.17, 15) is 14.7 Å². The predicted molar refractivity (Wildman–Crippen MR) is 99.7 cm³/mol. The summed E-state index contributed by atoms with van der Waals surface area (Å²) in [4.78, 5) is 31.7. The molecule has 8 nitrogen and oxygen atoms in total. The van der Waals surface area contributed by atoms with Crippen LogP contribution in [0, 0.1) is 6.92 Å². The quantitative estimate of drug-likeness (QED) is 0.703. The van der Waals surface area contributed by atoms with Gasteiger partial charge in [0.1, 0.15) is 5.15 Å². The second-order valence-corrected chi connectivity index (χ2v) is 6.77. The molecule has 1 aliphatic rings. The van der Waals surface area contributed by atoms with Crippen LogP contribution in [0.1, 0.15) is 17.2 Å². The molecule has 1 aliphatic heterocycles. The first-order valence-electron chi connectivity index (χ1n) is 8.40. The first kappa shape index (κ1) is 17.6. The zero-order valence-electron chi connectivity index (χ0n) is 14.5. The van der Waals surface area contributed by atoms with Crippen molar-refractivity contribution in [2.75, 3.05) is 19.8 Å². The number of amides is 1. The van der Waals surface area contributed by atoms with E-state index in [0.717, 1.165) is 16.8 Å². The highest BCUT2D eigenvalue weighted by Crippen LogP contribution is 2.30. The number of morpholine rings is 1. The van der Waals surface area contributed by atoms with Gasteiger partial charge in [0.25, 0.3) is 5.56 Å². The number of carbonyl (C=O) groups is 1.